The van der Waals surface area contributed by atoms with E-state index in [0.717, 1.165) is 53.4 Å². The van der Waals surface area contributed by atoms with Crippen LogP contribution < -0.4 is 5.32 Å². The van der Waals surface area contributed by atoms with E-state index in [4.69, 9.17) is 0 Å². The Labute approximate surface area is 155 Å². The van der Waals surface area contributed by atoms with E-state index in [2.05, 4.69) is 22.3 Å². The summed E-state index contributed by atoms with van der Waals surface area (Å²) in [6, 6.07) is 9.13. The molecular formula is C20H21F3N4. The van der Waals surface area contributed by atoms with E-state index in [1.165, 1.54) is 12.1 Å². The molecule has 27 heavy (non-hydrogen) atoms. The van der Waals surface area contributed by atoms with Gasteiger partial charge in [-0.1, -0.05) is 19.1 Å². The number of nitrogens with one attached hydrogen (secondary N) is 1. The van der Waals surface area contributed by atoms with Crippen LogP contribution >= 0.6 is 0 Å². The first-order chi connectivity index (χ1) is 12.6. The van der Waals surface area contributed by atoms with E-state index in [1.807, 2.05) is 26.0 Å². The molecule has 1 aliphatic rings. The van der Waals surface area contributed by atoms with Gasteiger partial charge in [0.1, 0.15) is 5.82 Å². The van der Waals surface area contributed by atoms with Crippen molar-refractivity contribution in [2.45, 2.75) is 51.2 Å². The Morgan fingerprint density at radius 1 is 1.15 bits per heavy atom. The maximum atomic E-state index is 12.8. The molecular weight excluding hydrogens is 353 g/mol. The quantitative estimate of drug-likeness (QED) is 0.685. The van der Waals surface area contributed by atoms with Crippen LogP contribution in [0.5, 0.6) is 0 Å². The fraction of sp³-hybridized carbons (Fsp3) is 0.400. The second-order valence-electron chi connectivity index (χ2n) is 7.65. The third-order valence-electron chi connectivity index (χ3n) is 5.19. The van der Waals surface area contributed by atoms with Crippen molar-refractivity contribution in [1.82, 2.24) is 14.6 Å². The van der Waals surface area contributed by atoms with Crippen molar-refractivity contribution < 1.29 is 13.2 Å². The summed E-state index contributed by atoms with van der Waals surface area (Å²) < 4.78 is 40.1. The zero-order chi connectivity index (χ0) is 19.4. The molecule has 0 radical (unpaired) electrons. The lowest BCUT2D eigenvalue weighted by molar-refractivity contribution is -0.137. The molecule has 3 aromatic rings. The fourth-order valence-corrected chi connectivity index (χ4v) is 3.17. The average molecular weight is 374 g/mol. The van der Waals surface area contributed by atoms with Crippen LogP contribution in [0.1, 0.15) is 55.1 Å². The highest BCUT2D eigenvalue weighted by atomic mass is 19.4. The number of fused-ring (bicyclic) bond motifs is 1. The van der Waals surface area contributed by atoms with Crippen LogP contribution in [0.3, 0.4) is 0 Å². The molecule has 1 fully saturated rings. The molecule has 0 bridgehead atoms. The number of benzene rings is 1. The third kappa shape index (κ3) is 3.50. The summed E-state index contributed by atoms with van der Waals surface area (Å²) in [6.07, 6.45) is -2.09. The molecule has 1 unspecified atom stereocenters. The van der Waals surface area contributed by atoms with E-state index in [1.54, 1.807) is 4.52 Å². The maximum absolute atomic E-state index is 12.8. The predicted molar refractivity (Wildman–Crippen MR) is 97.9 cm³/mol. The van der Waals surface area contributed by atoms with Gasteiger partial charge in [-0.2, -0.15) is 22.8 Å². The number of alkyl halides is 3. The highest BCUT2D eigenvalue weighted by Crippen LogP contribution is 2.38. The fourth-order valence-electron chi connectivity index (χ4n) is 3.17. The summed E-state index contributed by atoms with van der Waals surface area (Å²) >= 11 is 0. The van der Waals surface area contributed by atoms with E-state index in [9.17, 15) is 13.2 Å². The predicted octanol–water partition coefficient (Wildman–Crippen LogP) is 5.17. The Balaban J connectivity index is 1.68. The standard InChI is InChI=1S/C20H21F3N4/c1-12-10-18(25-19(3)8-9-19)27-17(24-12)11-16(26-27)13(2)14-4-6-15(7-5-14)20(21,22)23/h4-7,10-11,13,25H,8-9H2,1-3H3. The van der Waals surface area contributed by atoms with E-state index in [-0.39, 0.29) is 11.5 Å². The molecule has 1 atom stereocenters. The van der Waals surface area contributed by atoms with Crippen molar-refractivity contribution >= 4 is 11.5 Å². The molecule has 2 heterocycles. The molecule has 2 aromatic heterocycles. The van der Waals surface area contributed by atoms with Gasteiger partial charge in [-0.25, -0.2) is 4.98 Å². The lowest BCUT2D eigenvalue weighted by Gasteiger charge is -2.14. The minimum atomic E-state index is -4.33. The second-order valence-corrected chi connectivity index (χ2v) is 7.65. The highest BCUT2D eigenvalue weighted by molar-refractivity contribution is 5.53. The number of halogens is 3. The molecule has 1 aromatic carbocycles. The van der Waals surface area contributed by atoms with Crippen LogP contribution in [0, 0.1) is 6.92 Å². The van der Waals surface area contributed by atoms with Crippen LogP contribution in [0.15, 0.2) is 36.4 Å². The first kappa shape index (κ1) is 17.8. The molecule has 1 saturated carbocycles. The molecule has 0 amide bonds. The Kier molecular flexibility index (Phi) is 3.94. The smallest absolute Gasteiger partial charge is 0.365 e. The molecule has 0 spiro atoms. The summed E-state index contributed by atoms with van der Waals surface area (Å²) in [5.41, 5.74) is 2.64. The molecule has 4 rings (SSSR count). The van der Waals surface area contributed by atoms with E-state index >= 15 is 0 Å². The van der Waals surface area contributed by atoms with Crippen molar-refractivity contribution in [2.75, 3.05) is 5.32 Å². The molecule has 7 heteroatoms. The van der Waals surface area contributed by atoms with Gasteiger partial charge >= 0.3 is 6.18 Å². The van der Waals surface area contributed by atoms with Crippen LogP contribution in [-0.2, 0) is 6.18 Å². The summed E-state index contributed by atoms with van der Waals surface area (Å²) in [6.45, 7) is 6.04. The first-order valence-corrected chi connectivity index (χ1v) is 8.97. The van der Waals surface area contributed by atoms with Gasteiger partial charge in [0.25, 0.3) is 0 Å². The van der Waals surface area contributed by atoms with Crippen LogP contribution in [0.2, 0.25) is 0 Å². The number of aromatic nitrogens is 3. The van der Waals surface area contributed by atoms with Crippen molar-refractivity contribution in [3.63, 3.8) is 0 Å². The topological polar surface area (TPSA) is 42.2 Å². The summed E-state index contributed by atoms with van der Waals surface area (Å²) in [5.74, 6) is 0.752. The molecule has 0 saturated heterocycles. The Bertz CT molecular complexity index is 985. The largest absolute Gasteiger partial charge is 0.416 e. The van der Waals surface area contributed by atoms with E-state index < -0.39 is 11.7 Å². The number of hydrogen-bond acceptors (Lipinski definition) is 3. The van der Waals surface area contributed by atoms with Gasteiger partial charge in [-0.15, -0.1) is 0 Å². The number of hydrogen-bond donors (Lipinski definition) is 1. The summed E-state index contributed by atoms with van der Waals surface area (Å²) in [4.78, 5) is 4.54. The molecule has 1 aliphatic carbocycles. The average Bonchev–Trinajstić information content (AvgIpc) is 3.16. The van der Waals surface area contributed by atoms with Crippen molar-refractivity contribution in [3.05, 3.63) is 58.9 Å². The van der Waals surface area contributed by atoms with Crippen molar-refractivity contribution in [1.29, 1.82) is 0 Å². The maximum Gasteiger partial charge on any atom is 0.416 e. The molecule has 1 N–H and O–H groups in total. The van der Waals surface area contributed by atoms with E-state index in [0.29, 0.717) is 0 Å². The monoisotopic (exact) mass is 374 g/mol. The molecule has 4 nitrogen and oxygen atoms in total. The Hall–Kier alpha value is -2.57. The number of anilines is 1. The second kappa shape index (κ2) is 5.97. The number of rotatable bonds is 4. The Morgan fingerprint density at radius 2 is 1.81 bits per heavy atom. The molecule has 142 valence electrons. The summed E-state index contributed by atoms with van der Waals surface area (Å²) in [7, 11) is 0. The van der Waals surface area contributed by atoms with Crippen LogP contribution in [0.4, 0.5) is 19.0 Å². The first-order valence-electron chi connectivity index (χ1n) is 8.97. The van der Waals surface area contributed by atoms with Gasteiger partial charge in [0.2, 0.25) is 0 Å². The third-order valence-corrected chi connectivity index (χ3v) is 5.19. The van der Waals surface area contributed by atoms with Gasteiger partial charge in [-0.3, -0.25) is 0 Å². The van der Waals surface area contributed by atoms with Gasteiger partial charge in [0.15, 0.2) is 5.65 Å². The minimum absolute atomic E-state index is 0.103. The molecule has 0 aliphatic heterocycles. The van der Waals surface area contributed by atoms with Crippen LogP contribution in [0.25, 0.3) is 5.65 Å². The highest BCUT2D eigenvalue weighted by Gasteiger charge is 2.37. The van der Waals surface area contributed by atoms with Gasteiger partial charge in [0, 0.05) is 29.3 Å². The zero-order valence-corrected chi connectivity index (χ0v) is 15.4. The number of aryl methyl sites for hydroxylation is 1. The lowest BCUT2D eigenvalue weighted by atomic mass is 9.97. The summed E-state index contributed by atoms with van der Waals surface area (Å²) in [5, 5.41) is 8.21. The Morgan fingerprint density at radius 3 is 2.41 bits per heavy atom. The zero-order valence-electron chi connectivity index (χ0n) is 15.4. The normalized spacial score (nSPS) is 17.1. The van der Waals surface area contributed by atoms with Gasteiger partial charge < -0.3 is 5.32 Å². The SMILES string of the molecule is Cc1cc(NC2(C)CC2)n2nc(C(C)c3ccc(C(F)(F)F)cc3)cc2n1. The van der Waals surface area contributed by atoms with Gasteiger partial charge in [-0.05, 0) is 44.4 Å². The van der Waals surface area contributed by atoms with Crippen molar-refractivity contribution in [2.24, 2.45) is 0 Å². The minimum Gasteiger partial charge on any atom is -0.365 e. The van der Waals surface area contributed by atoms with Gasteiger partial charge in [0.05, 0.1) is 11.3 Å². The number of nitrogens with zero attached hydrogens (tertiary/aromatic N) is 3. The lowest BCUT2D eigenvalue weighted by Crippen LogP contribution is -2.19. The van der Waals surface area contributed by atoms with Crippen molar-refractivity contribution in [3.8, 4) is 0 Å². The van der Waals surface area contributed by atoms with Crippen LogP contribution in [-0.4, -0.2) is 20.1 Å².